The van der Waals surface area contributed by atoms with Crippen molar-refractivity contribution in [3.63, 3.8) is 0 Å². The molecule has 0 saturated heterocycles. The van der Waals surface area contributed by atoms with Crippen LogP contribution in [0.3, 0.4) is 0 Å². The van der Waals surface area contributed by atoms with Crippen molar-refractivity contribution < 1.29 is 14.7 Å². The second-order valence-electron chi connectivity index (χ2n) is 4.58. The van der Waals surface area contributed by atoms with Crippen LogP contribution in [-0.4, -0.2) is 29.7 Å². The van der Waals surface area contributed by atoms with E-state index in [0.29, 0.717) is 0 Å². The molecule has 0 aromatic heterocycles. The summed E-state index contributed by atoms with van der Waals surface area (Å²) in [5.74, 6) is -0.417. The molecular formula is C13H19N3O3. The number of benzene rings is 1. The molecule has 104 valence electrons. The number of nitrogens with one attached hydrogen (secondary N) is 2. The molecule has 0 aliphatic heterocycles. The van der Waals surface area contributed by atoms with Gasteiger partial charge in [0.2, 0.25) is 5.91 Å². The van der Waals surface area contributed by atoms with Crippen LogP contribution < -0.4 is 16.4 Å². The third-order valence-electron chi connectivity index (χ3n) is 2.88. The van der Waals surface area contributed by atoms with Crippen molar-refractivity contribution in [1.29, 1.82) is 0 Å². The minimum Gasteiger partial charge on any atom is -0.394 e. The molecule has 0 aliphatic carbocycles. The van der Waals surface area contributed by atoms with E-state index >= 15 is 0 Å². The highest BCUT2D eigenvalue weighted by Gasteiger charge is 2.29. The summed E-state index contributed by atoms with van der Waals surface area (Å²) in [6.45, 7) is 2.96. The number of carbonyl (C=O) groups excluding carboxylic acids is 2. The summed E-state index contributed by atoms with van der Waals surface area (Å²) in [6.07, 6.45) is 0. The molecule has 0 saturated carbocycles. The number of hydrogen-bond acceptors (Lipinski definition) is 3. The molecule has 5 N–H and O–H groups in total. The third-order valence-corrected chi connectivity index (χ3v) is 2.88. The third kappa shape index (κ3) is 3.96. The van der Waals surface area contributed by atoms with Crippen molar-refractivity contribution in [2.75, 3.05) is 6.61 Å². The molecule has 1 aromatic carbocycles. The van der Waals surface area contributed by atoms with Crippen molar-refractivity contribution in [1.82, 2.24) is 10.6 Å². The lowest BCUT2D eigenvalue weighted by Crippen LogP contribution is -2.54. The van der Waals surface area contributed by atoms with Crippen LogP contribution in [0.25, 0.3) is 0 Å². The van der Waals surface area contributed by atoms with Gasteiger partial charge in [-0.25, -0.2) is 4.79 Å². The SMILES string of the molecule is CC(NC(N)=O)C(=O)NC(C)(CO)c1ccccc1. The molecule has 0 radical (unpaired) electrons. The van der Waals surface area contributed by atoms with Crippen molar-refractivity contribution in [3.05, 3.63) is 35.9 Å². The van der Waals surface area contributed by atoms with Crippen LogP contribution in [0.2, 0.25) is 0 Å². The monoisotopic (exact) mass is 265 g/mol. The van der Waals surface area contributed by atoms with Crippen molar-refractivity contribution in [3.8, 4) is 0 Å². The van der Waals surface area contributed by atoms with Crippen molar-refractivity contribution >= 4 is 11.9 Å². The van der Waals surface area contributed by atoms with E-state index in [1.54, 1.807) is 6.92 Å². The van der Waals surface area contributed by atoms with E-state index in [-0.39, 0.29) is 6.61 Å². The number of amides is 3. The van der Waals surface area contributed by atoms with E-state index in [0.717, 1.165) is 5.56 Å². The zero-order valence-electron chi connectivity index (χ0n) is 11.0. The molecule has 1 aromatic rings. The van der Waals surface area contributed by atoms with E-state index in [9.17, 15) is 14.7 Å². The Morgan fingerprint density at radius 1 is 1.37 bits per heavy atom. The second-order valence-corrected chi connectivity index (χ2v) is 4.58. The lowest BCUT2D eigenvalue weighted by Gasteiger charge is -2.30. The second kappa shape index (κ2) is 6.19. The van der Waals surface area contributed by atoms with Crippen LogP contribution in [0, 0.1) is 0 Å². The van der Waals surface area contributed by atoms with Crippen LogP contribution in [0.15, 0.2) is 30.3 Å². The number of carbonyl (C=O) groups is 2. The lowest BCUT2D eigenvalue weighted by atomic mass is 9.92. The van der Waals surface area contributed by atoms with E-state index in [1.807, 2.05) is 30.3 Å². The average Bonchev–Trinajstić information content (AvgIpc) is 2.38. The van der Waals surface area contributed by atoms with Gasteiger partial charge in [0.1, 0.15) is 6.04 Å². The first-order valence-electron chi connectivity index (χ1n) is 5.93. The first-order chi connectivity index (χ1) is 8.89. The van der Waals surface area contributed by atoms with E-state index in [4.69, 9.17) is 5.73 Å². The lowest BCUT2D eigenvalue weighted by molar-refractivity contribution is -0.125. The Morgan fingerprint density at radius 2 is 1.95 bits per heavy atom. The first-order valence-corrected chi connectivity index (χ1v) is 5.93. The van der Waals surface area contributed by atoms with Crippen LogP contribution >= 0.6 is 0 Å². The fourth-order valence-corrected chi connectivity index (χ4v) is 1.67. The number of rotatable bonds is 5. The zero-order valence-corrected chi connectivity index (χ0v) is 11.0. The van der Waals surface area contributed by atoms with Gasteiger partial charge in [0.15, 0.2) is 0 Å². The quantitative estimate of drug-likeness (QED) is 0.605. The summed E-state index contributed by atoms with van der Waals surface area (Å²) >= 11 is 0. The predicted octanol–water partition coefficient (Wildman–Crippen LogP) is 0.0671. The molecule has 0 fully saturated rings. The van der Waals surface area contributed by atoms with Crippen LogP contribution in [0.4, 0.5) is 4.79 Å². The molecule has 19 heavy (non-hydrogen) atoms. The van der Waals surface area contributed by atoms with E-state index in [1.165, 1.54) is 6.92 Å². The highest BCUT2D eigenvalue weighted by Crippen LogP contribution is 2.19. The highest BCUT2D eigenvalue weighted by atomic mass is 16.3. The number of hydrogen-bond donors (Lipinski definition) is 4. The highest BCUT2D eigenvalue weighted by molar-refractivity contribution is 5.86. The first kappa shape index (κ1) is 15.0. The predicted molar refractivity (Wildman–Crippen MR) is 71.2 cm³/mol. The maximum Gasteiger partial charge on any atom is 0.312 e. The number of aliphatic hydroxyl groups is 1. The molecule has 1 rings (SSSR count). The standard InChI is InChI=1S/C13H19N3O3/c1-9(15-12(14)19)11(18)16-13(2,8-17)10-6-4-3-5-7-10/h3-7,9,17H,8H2,1-2H3,(H,16,18)(H3,14,15,19). The van der Waals surface area contributed by atoms with Gasteiger partial charge in [-0.1, -0.05) is 30.3 Å². The maximum absolute atomic E-state index is 11.9. The van der Waals surface area contributed by atoms with Crippen molar-refractivity contribution in [2.45, 2.75) is 25.4 Å². The summed E-state index contributed by atoms with van der Waals surface area (Å²) in [5, 5.41) is 14.5. The summed E-state index contributed by atoms with van der Waals surface area (Å²) in [6, 6.07) is 7.56. The Morgan fingerprint density at radius 3 is 2.42 bits per heavy atom. The molecule has 6 heteroatoms. The number of nitrogens with two attached hydrogens (primary N) is 1. The van der Waals surface area contributed by atoms with Gasteiger partial charge in [-0.15, -0.1) is 0 Å². The topological polar surface area (TPSA) is 104 Å². The number of primary amides is 1. The van der Waals surface area contributed by atoms with Crippen LogP contribution in [0.5, 0.6) is 0 Å². The van der Waals surface area contributed by atoms with Gasteiger partial charge < -0.3 is 21.5 Å². The van der Waals surface area contributed by atoms with Gasteiger partial charge in [0.25, 0.3) is 0 Å². The maximum atomic E-state index is 11.9. The molecule has 0 spiro atoms. The normalized spacial score (nSPS) is 15.1. The van der Waals surface area contributed by atoms with Crippen LogP contribution in [0.1, 0.15) is 19.4 Å². The van der Waals surface area contributed by atoms with Crippen LogP contribution in [-0.2, 0) is 10.3 Å². The molecule has 2 atom stereocenters. The van der Waals surface area contributed by atoms with Gasteiger partial charge in [-0.05, 0) is 19.4 Å². The van der Waals surface area contributed by atoms with Gasteiger partial charge in [-0.3, -0.25) is 4.79 Å². The van der Waals surface area contributed by atoms with Gasteiger partial charge in [0.05, 0.1) is 12.1 Å². The number of urea groups is 1. The molecule has 0 bridgehead atoms. The zero-order chi connectivity index (χ0) is 14.5. The van der Waals surface area contributed by atoms with E-state index in [2.05, 4.69) is 10.6 Å². The Hall–Kier alpha value is -2.08. The number of aliphatic hydroxyl groups excluding tert-OH is 1. The van der Waals surface area contributed by atoms with Gasteiger partial charge in [0, 0.05) is 0 Å². The molecule has 3 amide bonds. The Labute approximate surface area is 112 Å². The smallest absolute Gasteiger partial charge is 0.312 e. The summed E-state index contributed by atoms with van der Waals surface area (Å²) in [7, 11) is 0. The largest absolute Gasteiger partial charge is 0.394 e. The molecule has 0 heterocycles. The molecule has 0 aliphatic rings. The Bertz CT molecular complexity index is 450. The van der Waals surface area contributed by atoms with E-state index < -0.39 is 23.5 Å². The molecule has 2 unspecified atom stereocenters. The van der Waals surface area contributed by atoms with Crippen molar-refractivity contribution in [2.24, 2.45) is 5.73 Å². The summed E-state index contributed by atoms with van der Waals surface area (Å²) < 4.78 is 0. The van der Waals surface area contributed by atoms with Gasteiger partial charge >= 0.3 is 6.03 Å². The Kier molecular flexibility index (Phi) is 4.88. The molecular weight excluding hydrogens is 246 g/mol. The molecule has 6 nitrogen and oxygen atoms in total. The fraction of sp³-hybridized carbons (Fsp3) is 0.385. The summed E-state index contributed by atoms with van der Waals surface area (Å²) in [4.78, 5) is 22.6. The average molecular weight is 265 g/mol. The van der Waals surface area contributed by atoms with Gasteiger partial charge in [-0.2, -0.15) is 0 Å². The fourth-order valence-electron chi connectivity index (χ4n) is 1.67. The minimum absolute atomic E-state index is 0.258. The minimum atomic E-state index is -0.911. The Balaban J connectivity index is 2.82. The summed E-state index contributed by atoms with van der Waals surface area (Å²) in [5.41, 5.74) is 4.82.